The number of nitrogens with one attached hydrogen (secondary N) is 1. The third-order valence-corrected chi connectivity index (χ3v) is 5.33. The molecule has 0 bridgehead atoms. The molecule has 1 atom stereocenters. The van der Waals surface area contributed by atoms with Gasteiger partial charge < -0.3 is 4.74 Å². The zero-order valence-corrected chi connectivity index (χ0v) is 18.2. The van der Waals surface area contributed by atoms with E-state index >= 15 is 0 Å². The lowest BCUT2D eigenvalue weighted by atomic mass is 10.00. The number of carbonyl (C=O) groups excluding carboxylic acids is 3. The quantitative estimate of drug-likeness (QED) is 0.745. The van der Waals surface area contributed by atoms with Crippen LogP contribution >= 0.6 is 0 Å². The van der Waals surface area contributed by atoms with Gasteiger partial charge in [0.15, 0.2) is 5.82 Å². The molecule has 2 aliphatic rings. The lowest BCUT2D eigenvalue weighted by molar-refractivity contribution is -0.120. The molecule has 9 heteroatoms. The fourth-order valence-electron chi connectivity index (χ4n) is 3.90. The van der Waals surface area contributed by atoms with Crippen molar-refractivity contribution in [2.75, 3.05) is 18.0 Å². The molecular weight excluding hydrogens is 398 g/mol. The van der Waals surface area contributed by atoms with Crippen molar-refractivity contribution in [2.24, 2.45) is 7.05 Å². The van der Waals surface area contributed by atoms with Gasteiger partial charge in [-0.15, -0.1) is 0 Å². The number of aromatic nitrogens is 2. The molecule has 3 heterocycles. The van der Waals surface area contributed by atoms with Crippen molar-refractivity contribution in [3.05, 3.63) is 35.9 Å². The Balaban J connectivity index is 1.67. The highest BCUT2D eigenvalue weighted by molar-refractivity contribution is 6.08. The maximum atomic E-state index is 12.8. The Bertz CT molecular complexity index is 1080. The molecule has 4 amide bonds. The molecule has 1 aromatic heterocycles. The van der Waals surface area contributed by atoms with Gasteiger partial charge in [0, 0.05) is 31.9 Å². The molecule has 2 aromatic rings. The summed E-state index contributed by atoms with van der Waals surface area (Å²) >= 11 is 0. The van der Waals surface area contributed by atoms with Gasteiger partial charge in [-0.25, -0.2) is 9.59 Å². The minimum atomic E-state index is -0.569. The molecule has 1 unspecified atom stereocenters. The van der Waals surface area contributed by atoms with Crippen LogP contribution in [0.2, 0.25) is 0 Å². The van der Waals surface area contributed by atoms with E-state index in [9.17, 15) is 14.4 Å². The minimum Gasteiger partial charge on any atom is -0.444 e. The molecule has 1 aromatic carbocycles. The first-order chi connectivity index (χ1) is 14.6. The highest BCUT2D eigenvalue weighted by atomic mass is 16.6. The predicted molar refractivity (Wildman–Crippen MR) is 116 cm³/mol. The van der Waals surface area contributed by atoms with Gasteiger partial charge in [-0.1, -0.05) is 18.2 Å². The summed E-state index contributed by atoms with van der Waals surface area (Å²) in [6.45, 7) is 6.43. The summed E-state index contributed by atoms with van der Waals surface area (Å²) in [7, 11) is 1.81. The molecule has 0 saturated carbocycles. The van der Waals surface area contributed by atoms with E-state index in [0.29, 0.717) is 12.4 Å². The number of hydrogen-bond acceptors (Lipinski definition) is 5. The normalized spacial score (nSPS) is 19.7. The average molecular weight is 425 g/mol. The fourth-order valence-corrected chi connectivity index (χ4v) is 3.90. The number of carbonyl (C=O) groups is 3. The van der Waals surface area contributed by atoms with Gasteiger partial charge in [0.05, 0.1) is 11.6 Å². The molecular formula is C22H27N5O4. The number of nitrogens with zero attached hydrogens (tertiary/aromatic N) is 4. The van der Waals surface area contributed by atoms with Gasteiger partial charge in [-0.05, 0) is 44.9 Å². The third kappa shape index (κ3) is 4.12. The van der Waals surface area contributed by atoms with Crippen LogP contribution in [0.1, 0.15) is 45.2 Å². The largest absolute Gasteiger partial charge is 0.444 e. The van der Waals surface area contributed by atoms with Gasteiger partial charge in [-0.3, -0.25) is 24.6 Å². The first-order valence-corrected chi connectivity index (χ1v) is 10.4. The van der Waals surface area contributed by atoms with E-state index < -0.39 is 11.6 Å². The number of imide groups is 1. The van der Waals surface area contributed by atoms with Gasteiger partial charge >= 0.3 is 12.1 Å². The number of urea groups is 1. The van der Waals surface area contributed by atoms with Gasteiger partial charge in [0.1, 0.15) is 5.60 Å². The van der Waals surface area contributed by atoms with Crippen LogP contribution in [-0.2, 0) is 16.6 Å². The summed E-state index contributed by atoms with van der Waals surface area (Å²) in [4.78, 5) is 39.7. The smallest absolute Gasteiger partial charge is 0.411 e. The van der Waals surface area contributed by atoms with Crippen molar-refractivity contribution in [1.82, 2.24) is 20.0 Å². The first-order valence-electron chi connectivity index (χ1n) is 10.4. The Hall–Kier alpha value is -3.36. The van der Waals surface area contributed by atoms with Crippen LogP contribution in [0.3, 0.4) is 0 Å². The lowest BCUT2D eigenvalue weighted by Crippen LogP contribution is -2.49. The maximum absolute atomic E-state index is 12.8. The summed E-state index contributed by atoms with van der Waals surface area (Å²) in [5, 5.41) is 7.66. The van der Waals surface area contributed by atoms with Crippen LogP contribution in [0.4, 0.5) is 15.4 Å². The molecule has 4 rings (SSSR count). The van der Waals surface area contributed by atoms with E-state index in [1.165, 1.54) is 4.90 Å². The summed E-state index contributed by atoms with van der Waals surface area (Å²) in [5.74, 6) is 0.229. The predicted octanol–water partition coefficient (Wildman–Crippen LogP) is 3.26. The molecule has 0 spiro atoms. The van der Waals surface area contributed by atoms with Crippen LogP contribution in [-0.4, -0.2) is 51.4 Å². The third-order valence-electron chi connectivity index (χ3n) is 5.33. The van der Waals surface area contributed by atoms with Crippen LogP contribution in [0.25, 0.3) is 10.9 Å². The Morgan fingerprint density at radius 2 is 2.00 bits per heavy atom. The van der Waals surface area contributed by atoms with E-state index in [-0.39, 0.29) is 31.0 Å². The van der Waals surface area contributed by atoms with E-state index in [1.807, 2.05) is 52.1 Å². The number of aryl methyl sites for hydroxylation is 1. The number of hydrogen-bond donors (Lipinski definition) is 1. The second kappa shape index (κ2) is 7.72. The Labute approximate surface area is 180 Å². The number of amides is 4. The number of ether oxygens (including phenoxy) is 1. The van der Waals surface area contributed by atoms with Crippen molar-refractivity contribution in [1.29, 1.82) is 0 Å². The zero-order valence-electron chi connectivity index (χ0n) is 18.2. The number of fused-ring (bicyclic) bond motifs is 1. The standard InChI is InChI=1S/C22H27N5O4/c1-22(2,3)31-21(30)26-11-6-5-7-16(26)14-8-9-15-17(13-14)25(4)24-19(15)27-12-10-18(28)23-20(27)29/h5,7-9,13,16H,6,10-12H2,1-4H3,(H,23,28,29). The summed E-state index contributed by atoms with van der Waals surface area (Å²) in [5.41, 5.74) is 1.20. The summed E-state index contributed by atoms with van der Waals surface area (Å²) in [6, 6.07) is 5.12. The monoisotopic (exact) mass is 425 g/mol. The summed E-state index contributed by atoms with van der Waals surface area (Å²) in [6.07, 6.45) is 4.74. The molecule has 0 radical (unpaired) electrons. The second-order valence-corrected chi connectivity index (χ2v) is 8.81. The molecule has 1 fully saturated rings. The van der Waals surface area contributed by atoms with E-state index in [1.54, 1.807) is 9.58 Å². The van der Waals surface area contributed by atoms with Gasteiger partial charge in [0.25, 0.3) is 0 Å². The zero-order chi connectivity index (χ0) is 22.3. The van der Waals surface area contributed by atoms with Crippen LogP contribution in [0, 0.1) is 0 Å². The Morgan fingerprint density at radius 1 is 1.23 bits per heavy atom. The molecule has 1 saturated heterocycles. The molecule has 2 aliphatic heterocycles. The van der Waals surface area contributed by atoms with Gasteiger partial charge in [0.2, 0.25) is 5.91 Å². The maximum Gasteiger partial charge on any atom is 0.411 e. The lowest BCUT2D eigenvalue weighted by Gasteiger charge is -2.34. The SMILES string of the molecule is Cn1nc(N2CCC(=O)NC2=O)c2ccc(C3C=CCCN3C(=O)OC(C)(C)C)cc21. The minimum absolute atomic E-state index is 0.236. The average Bonchev–Trinajstić information content (AvgIpc) is 3.02. The number of anilines is 1. The Kier molecular flexibility index (Phi) is 5.20. The highest BCUT2D eigenvalue weighted by Gasteiger charge is 2.31. The van der Waals surface area contributed by atoms with Crippen LogP contribution in [0.15, 0.2) is 30.4 Å². The van der Waals surface area contributed by atoms with Crippen LogP contribution in [0.5, 0.6) is 0 Å². The molecule has 9 nitrogen and oxygen atoms in total. The van der Waals surface area contributed by atoms with E-state index in [4.69, 9.17) is 4.74 Å². The van der Waals surface area contributed by atoms with Crippen molar-refractivity contribution < 1.29 is 19.1 Å². The molecule has 31 heavy (non-hydrogen) atoms. The number of benzene rings is 1. The van der Waals surface area contributed by atoms with Crippen molar-refractivity contribution in [2.45, 2.75) is 45.3 Å². The highest BCUT2D eigenvalue weighted by Crippen LogP contribution is 2.33. The second-order valence-electron chi connectivity index (χ2n) is 8.81. The Morgan fingerprint density at radius 3 is 2.71 bits per heavy atom. The first kappa shape index (κ1) is 20.9. The van der Waals surface area contributed by atoms with Gasteiger partial charge in [-0.2, -0.15) is 5.10 Å². The van der Waals surface area contributed by atoms with E-state index in [0.717, 1.165) is 22.9 Å². The molecule has 1 N–H and O–H groups in total. The topological polar surface area (TPSA) is 96.8 Å². The number of rotatable bonds is 2. The van der Waals surface area contributed by atoms with Crippen molar-refractivity contribution in [3.8, 4) is 0 Å². The molecule has 0 aliphatic carbocycles. The van der Waals surface area contributed by atoms with E-state index in [2.05, 4.69) is 16.5 Å². The molecule has 164 valence electrons. The summed E-state index contributed by atoms with van der Waals surface area (Å²) < 4.78 is 7.31. The fraction of sp³-hybridized carbons (Fsp3) is 0.455. The van der Waals surface area contributed by atoms with Crippen molar-refractivity contribution in [3.63, 3.8) is 0 Å². The van der Waals surface area contributed by atoms with Crippen molar-refractivity contribution >= 4 is 34.8 Å². The van der Waals surface area contributed by atoms with Crippen LogP contribution < -0.4 is 10.2 Å².